The second-order valence-electron chi connectivity index (χ2n) is 6.14. The van der Waals surface area contributed by atoms with Gasteiger partial charge in [0.25, 0.3) is 0 Å². The highest BCUT2D eigenvalue weighted by molar-refractivity contribution is 8.00. The molecule has 0 spiro atoms. The molecule has 0 saturated heterocycles. The van der Waals surface area contributed by atoms with E-state index in [2.05, 4.69) is 62.1 Å². The Bertz CT molecular complexity index is 387. The molecule has 0 aromatic heterocycles. The van der Waals surface area contributed by atoms with E-state index < -0.39 is 0 Å². The van der Waals surface area contributed by atoms with Crippen LogP contribution in [0.25, 0.3) is 0 Å². The van der Waals surface area contributed by atoms with Crippen LogP contribution < -0.4 is 5.32 Å². The number of benzene rings is 1. The lowest BCUT2D eigenvalue weighted by Crippen LogP contribution is -2.36. The van der Waals surface area contributed by atoms with Crippen LogP contribution in [0.3, 0.4) is 0 Å². The van der Waals surface area contributed by atoms with Gasteiger partial charge in [-0.25, -0.2) is 0 Å². The van der Waals surface area contributed by atoms with Gasteiger partial charge in [-0.15, -0.1) is 11.8 Å². The molecule has 1 N–H and O–H groups in total. The van der Waals surface area contributed by atoms with Gasteiger partial charge >= 0.3 is 0 Å². The molecule has 0 aliphatic carbocycles. The molecule has 0 saturated carbocycles. The SMILES string of the molecule is CCCNCC(CC)(CC)CC1Cc2ccccc2S1. The minimum Gasteiger partial charge on any atom is -0.316 e. The quantitative estimate of drug-likeness (QED) is 0.684. The Balaban J connectivity index is 1.96. The summed E-state index contributed by atoms with van der Waals surface area (Å²) in [7, 11) is 0. The molecule has 1 heterocycles. The monoisotopic (exact) mass is 291 g/mol. The summed E-state index contributed by atoms with van der Waals surface area (Å²) in [6.45, 7) is 9.31. The molecule has 0 amide bonds. The minimum atomic E-state index is 0.481. The number of hydrogen-bond acceptors (Lipinski definition) is 2. The second-order valence-corrected chi connectivity index (χ2v) is 7.48. The first kappa shape index (κ1) is 15.9. The van der Waals surface area contributed by atoms with E-state index in [1.165, 1.54) is 43.5 Å². The molecule has 0 bridgehead atoms. The molecule has 1 aliphatic heterocycles. The molecule has 1 atom stereocenters. The predicted molar refractivity (Wildman–Crippen MR) is 90.6 cm³/mol. The Morgan fingerprint density at radius 1 is 1.20 bits per heavy atom. The highest BCUT2D eigenvalue weighted by Crippen LogP contribution is 2.44. The summed E-state index contributed by atoms with van der Waals surface area (Å²) < 4.78 is 0. The molecule has 1 aromatic carbocycles. The average Bonchev–Trinajstić information content (AvgIpc) is 2.88. The zero-order chi connectivity index (χ0) is 14.4. The van der Waals surface area contributed by atoms with Crippen molar-refractivity contribution >= 4 is 11.8 Å². The van der Waals surface area contributed by atoms with Crippen molar-refractivity contribution in [2.75, 3.05) is 13.1 Å². The van der Waals surface area contributed by atoms with Gasteiger partial charge in [0.2, 0.25) is 0 Å². The third-order valence-electron chi connectivity index (χ3n) is 4.80. The summed E-state index contributed by atoms with van der Waals surface area (Å²) in [4.78, 5) is 1.51. The third-order valence-corrected chi connectivity index (χ3v) is 6.12. The van der Waals surface area contributed by atoms with Gasteiger partial charge in [-0.3, -0.25) is 0 Å². The van der Waals surface area contributed by atoms with Crippen molar-refractivity contribution in [3.63, 3.8) is 0 Å². The molecule has 2 heteroatoms. The van der Waals surface area contributed by atoms with Crippen molar-refractivity contribution in [3.8, 4) is 0 Å². The lowest BCUT2D eigenvalue weighted by atomic mass is 9.77. The Hall–Kier alpha value is -0.470. The lowest BCUT2D eigenvalue weighted by Gasteiger charge is -2.34. The molecule has 20 heavy (non-hydrogen) atoms. The van der Waals surface area contributed by atoms with Crippen LogP contribution in [0.15, 0.2) is 29.2 Å². The van der Waals surface area contributed by atoms with Crippen molar-refractivity contribution in [1.29, 1.82) is 0 Å². The highest BCUT2D eigenvalue weighted by atomic mass is 32.2. The van der Waals surface area contributed by atoms with Crippen LogP contribution >= 0.6 is 11.8 Å². The molecule has 2 rings (SSSR count). The van der Waals surface area contributed by atoms with Gasteiger partial charge in [0.1, 0.15) is 0 Å². The van der Waals surface area contributed by atoms with Gasteiger partial charge in [0.05, 0.1) is 0 Å². The smallest absolute Gasteiger partial charge is 0.0141 e. The van der Waals surface area contributed by atoms with Crippen LogP contribution in [0.1, 0.15) is 52.0 Å². The fourth-order valence-corrected chi connectivity index (χ4v) is 4.76. The first-order valence-electron chi connectivity index (χ1n) is 8.18. The maximum Gasteiger partial charge on any atom is 0.0141 e. The largest absolute Gasteiger partial charge is 0.316 e. The van der Waals surface area contributed by atoms with E-state index in [0.717, 1.165) is 11.8 Å². The van der Waals surface area contributed by atoms with Crippen LogP contribution in [-0.2, 0) is 6.42 Å². The molecular formula is C18H29NS. The number of fused-ring (bicyclic) bond motifs is 1. The Morgan fingerprint density at radius 2 is 1.95 bits per heavy atom. The second kappa shape index (κ2) is 7.51. The predicted octanol–water partition coefficient (Wildman–Crippen LogP) is 4.90. The van der Waals surface area contributed by atoms with Gasteiger partial charge in [-0.2, -0.15) is 0 Å². The Kier molecular flexibility index (Phi) is 5.98. The van der Waals surface area contributed by atoms with Crippen molar-refractivity contribution in [3.05, 3.63) is 29.8 Å². The number of thioether (sulfide) groups is 1. The highest BCUT2D eigenvalue weighted by Gasteiger charge is 2.32. The van der Waals surface area contributed by atoms with Gasteiger partial charge in [0, 0.05) is 16.7 Å². The summed E-state index contributed by atoms with van der Waals surface area (Å²) in [5.74, 6) is 0. The molecule has 112 valence electrons. The standard InChI is InChI=1S/C18H29NS/c1-4-11-19-14-18(5-2,6-3)13-16-12-15-9-7-8-10-17(15)20-16/h7-10,16,19H,4-6,11-14H2,1-3H3. The van der Waals surface area contributed by atoms with E-state index >= 15 is 0 Å². The van der Waals surface area contributed by atoms with Gasteiger partial charge in [-0.05, 0) is 55.7 Å². The normalized spacial score (nSPS) is 18.2. The molecule has 1 nitrogen and oxygen atoms in total. The van der Waals surface area contributed by atoms with Crippen molar-refractivity contribution < 1.29 is 0 Å². The topological polar surface area (TPSA) is 12.0 Å². The van der Waals surface area contributed by atoms with Crippen molar-refractivity contribution in [1.82, 2.24) is 5.32 Å². The maximum absolute atomic E-state index is 3.66. The molecule has 1 aliphatic rings. The third kappa shape index (κ3) is 3.79. The molecule has 1 unspecified atom stereocenters. The van der Waals surface area contributed by atoms with E-state index in [-0.39, 0.29) is 0 Å². The van der Waals surface area contributed by atoms with Gasteiger partial charge in [0.15, 0.2) is 0 Å². The van der Waals surface area contributed by atoms with Gasteiger partial charge in [-0.1, -0.05) is 39.0 Å². The number of rotatable bonds is 8. The van der Waals surface area contributed by atoms with Crippen LogP contribution in [0.5, 0.6) is 0 Å². The molecule has 0 radical (unpaired) electrons. The summed E-state index contributed by atoms with van der Waals surface area (Å²) in [5, 5.41) is 4.44. The van der Waals surface area contributed by atoms with E-state index in [0.29, 0.717) is 5.41 Å². The summed E-state index contributed by atoms with van der Waals surface area (Å²) >= 11 is 2.11. The zero-order valence-corrected chi connectivity index (χ0v) is 14.1. The minimum absolute atomic E-state index is 0.481. The van der Waals surface area contributed by atoms with E-state index in [1.54, 1.807) is 5.56 Å². The fourth-order valence-electron chi connectivity index (χ4n) is 3.24. The van der Waals surface area contributed by atoms with Gasteiger partial charge < -0.3 is 5.32 Å². The summed E-state index contributed by atoms with van der Waals surface area (Å²) in [6.07, 6.45) is 6.40. The fraction of sp³-hybridized carbons (Fsp3) is 0.667. The van der Waals surface area contributed by atoms with Crippen molar-refractivity contribution in [2.24, 2.45) is 5.41 Å². The first-order valence-corrected chi connectivity index (χ1v) is 9.06. The maximum atomic E-state index is 3.66. The van der Waals surface area contributed by atoms with Crippen LogP contribution in [0.4, 0.5) is 0 Å². The van der Waals surface area contributed by atoms with Crippen LogP contribution in [-0.4, -0.2) is 18.3 Å². The van der Waals surface area contributed by atoms with E-state index in [9.17, 15) is 0 Å². The Labute approximate surface area is 128 Å². The van der Waals surface area contributed by atoms with E-state index in [1.807, 2.05) is 0 Å². The molecule has 1 aromatic rings. The summed E-state index contributed by atoms with van der Waals surface area (Å²) in [5.41, 5.74) is 2.04. The Morgan fingerprint density at radius 3 is 2.60 bits per heavy atom. The average molecular weight is 292 g/mol. The van der Waals surface area contributed by atoms with Crippen LogP contribution in [0, 0.1) is 5.41 Å². The summed E-state index contributed by atoms with van der Waals surface area (Å²) in [6, 6.07) is 8.94. The zero-order valence-electron chi connectivity index (χ0n) is 13.2. The lowest BCUT2D eigenvalue weighted by molar-refractivity contribution is 0.226. The van der Waals surface area contributed by atoms with Crippen molar-refractivity contribution in [2.45, 2.75) is 63.0 Å². The van der Waals surface area contributed by atoms with E-state index in [4.69, 9.17) is 0 Å². The molecule has 0 fully saturated rings. The first-order chi connectivity index (χ1) is 9.73. The number of nitrogens with one attached hydrogen (secondary N) is 1. The molecular weight excluding hydrogens is 262 g/mol. The van der Waals surface area contributed by atoms with Crippen LogP contribution in [0.2, 0.25) is 0 Å². The number of hydrogen-bond donors (Lipinski definition) is 1.